The molecule has 0 aliphatic rings. The highest BCUT2D eigenvalue weighted by atomic mass is 15.1. The molecule has 2 N–H and O–H groups in total. The van der Waals surface area contributed by atoms with E-state index in [0.717, 1.165) is 24.9 Å². The Labute approximate surface area is 96.2 Å². The summed E-state index contributed by atoms with van der Waals surface area (Å²) in [5.74, 6) is 0.767. The van der Waals surface area contributed by atoms with Crippen LogP contribution in [0.15, 0.2) is 0 Å². The van der Waals surface area contributed by atoms with Gasteiger partial charge in [-0.3, -0.25) is 0 Å². The summed E-state index contributed by atoms with van der Waals surface area (Å²) in [4.78, 5) is 2.65. The Morgan fingerprint density at radius 1 is 1.07 bits per heavy atom. The number of nitrogens with two attached hydrogens (primary N) is 1. The summed E-state index contributed by atoms with van der Waals surface area (Å²) < 4.78 is 0. The summed E-state index contributed by atoms with van der Waals surface area (Å²) in [6.07, 6.45) is 4.95. The van der Waals surface area contributed by atoms with Crippen LogP contribution in [0.2, 0.25) is 0 Å². The third kappa shape index (κ3) is 6.91. The summed E-state index contributed by atoms with van der Waals surface area (Å²) in [7, 11) is 0. The van der Waals surface area contributed by atoms with Gasteiger partial charge in [0.25, 0.3) is 0 Å². The van der Waals surface area contributed by atoms with Crippen LogP contribution in [0, 0.1) is 5.92 Å². The molecule has 0 rings (SSSR count). The van der Waals surface area contributed by atoms with E-state index in [1.807, 2.05) is 0 Å². The Morgan fingerprint density at radius 3 is 2.07 bits per heavy atom. The molecule has 0 aromatic rings. The minimum Gasteiger partial charge on any atom is -0.330 e. The van der Waals surface area contributed by atoms with Crippen molar-refractivity contribution in [2.45, 2.75) is 59.4 Å². The highest BCUT2D eigenvalue weighted by Gasteiger charge is 2.15. The molecule has 0 aromatic carbocycles. The summed E-state index contributed by atoms with van der Waals surface area (Å²) in [5.41, 5.74) is 5.54. The first-order valence-corrected chi connectivity index (χ1v) is 6.59. The van der Waals surface area contributed by atoms with Crippen molar-refractivity contribution in [3.63, 3.8) is 0 Å². The van der Waals surface area contributed by atoms with E-state index >= 15 is 0 Å². The van der Waals surface area contributed by atoms with E-state index in [1.165, 1.54) is 32.4 Å². The lowest BCUT2D eigenvalue weighted by atomic mass is 10.1. The van der Waals surface area contributed by atoms with Gasteiger partial charge < -0.3 is 10.6 Å². The van der Waals surface area contributed by atoms with Crippen LogP contribution in [0.4, 0.5) is 0 Å². The highest BCUT2D eigenvalue weighted by Crippen LogP contribution is 2.12. The van der Waals surface area contributed by atoms with Crippen LogP contribution in [0.25, 0.3) is 0 Å². The van der Waals surface area contributed by atoms with E-state index in [0.29, 0.717) is 0 Å². The van der Waals surface area contributed by atoms with Gasteiger partial charge >= 0.3 is 0 Å². The van der Waals surface area contributed by atoms with Crippen molar-refractivity contribution in [3.8, 4) is 0 Å². The van der Waals surface area contributed by atoms with Gasteiger partial charge in [0.05, 0.1) is 0 Å². The largest absolute Gasteiger partial charge is 0.330 e. The van der Waals surface area contributed by atoms with Crippen molar-refractivity contribution in [1.82, 2.24) is 4.90 Å². The fourth-order valence-corrected chi connectivity index (χ4v) is 2.16. The van der Waals surface area contributed by atoms with Crippen LogP contribution in [0.5, 0.6) is 0 Å². The summed E-state index contributed by atoms with van der Waals surface area (Å²) >= 11 is 0. The van der Waals surface area contributed by atoms with Crippen molar-refractivity contribution in [2.75, 3.05) is 19.6 Å². The zero-order chi connectivity index (χ0) is 11.7. The summed E-state index contributed by atoms with van der Waals surface area (Å²) in [5, 5.41) is 0. The average Bonchev–Trinajstić information content (AvgIpc) is 2.19. The van der Waals surface area contributed by atoms with Crippen molar-refractivity contribution in [2.24, 2.45) is 11.7 Å². The predicted octanol–water partition coefficient (Wildman–Crippen LogP) is 2.87. The maximum Gasteiger partial charge on any atom is 0.00901 e. The quantitative estimate of drug-likeness (QED) is 0.598. The second kappa shape index (κ2) is 9.17. The second-order valence-corrected chi connectivity index (χ2v) is 4.85. The first-order valence-electron chi connectivity index (χ1n) is 6.59. The SMILES string of the molecule is CCC(CC)N(CCCCN)CC(C)C. The normalized spacial score (nSPS) is 12.0. The predicted molar refractivity (Wildman–Crippen MR) is 69.1 cm³/mol. The number of unbranched alkanes of at least 4 members (excludes halogenated alkanes) is 1. The first-order chi connectivity index (χ1) is 7.15. The van der Waals surface area contributed by atoms with E-state index in [9.17, 15) is 0 Å². The Bertz CT molecular complexity index is 130. The monoisotopic (exact) mass is 214 g/mol. The van der Waals surface area contributed by atoms with Gasteiger partial charge in [0.15, 0.2) is 0 Å². The molecule has 0 aliphatic heterocycles. The van der Waals surface area contributed by atoms with Gasteiger partial charge in [-0.1, -0.05) is 27.7 Å². The fourth-order valence-electron chi connectivity index (χ4n) is 2.16. The number of hydrogen-bond acceptors (Lipinski definition) is 2. The molecule has 2 heteroatoms. The van der Waals surface area contributed by atoms with E-state index < -0.39 is 0 Å². The van der Waals surface area contributed by atoms with Crippen LogP contribution in [-0.4, -0.2) is 30.6 Å². The summed E-state index contributed by atoms with van der Waals surface area (Å²) in [6.45, 7) is 12.5. The van der Waals surface area contributed by atoms with Gasteiger partial charge in [-0.05, 0) is 44.7 Å². The minimum absolute atomic E-state index is 0.767. The Morgan fingerprint density at radius 2 is 1.67 bits per heavy atom. The van der Waals surface area contributed by atoms with Gasteiger partial charge in [0.2, 0.25) is 0 Å². The third-order valence-corrected chi connectivity index (χ3v) is 2.96. The molecule has 15 heavy (non-hydrogen) atoms. The number of rotatable bonds is 9. The van der Waals surface area contributed by atoms with Crippen molar-refractivity contribution < 1.29 is 0 Å². The highest BCUT2D eigenvalue weighted by molar-refractivity contribution is 4.70. The van der Waals surface area contributed by atoms with E-state index in [1.54, 1.807) is 0 Å². The molecule has 92 valence electrons. The van der Waals surface area contributed by atoms with Crippen molar-refractivity contribution in [1.29, 1.82) is 0 Å². The van der Waals surface area contributed by atoms with E-state index in [-0.39, 0.29) is 0 Å². The smallest absolute Gasteiger partial charge is 0.00901 e. The molecule has 0 atom stereocenters. The zero-order valence-corrected chi connectivity index (χ0v) is 11.1. The van der Waals surface area contributed by atoms with Crippen LogP contribution in [0.3, 0.4) is 0 Å². The maximum atomic E-state index is 5.54. The standard InChI is InChI=1S/C13H30N2/c1-5-13(6-2)15(11-12(3)4)10-8-7-9-14/h12-13H,5-11,14H2,1-4H3. The number of nitrogens with zero attached hydrogens (tertiary/aromatic N) is 1. The molecule has 0 fully saturated rings. The summed E-state index contributed by atoms with van der Waals surface area (Å²) in [6, 6.07) is 0.769. The maximum absolute atomic E-state index is 5.54. The average molecular weight is 214 g/mol. The first kappa shape index (κ1) is 14.9. The zero-order valence-electron chi connectivity index (χ0n) is 11.1. The Balaban J connectivity index is 4.03. The molecule has 0 bridgehead atoms. The molecule has 0 heterocycles. The second-order valence-electron chi connectivity index (χ2n) is 4.85. The van der Waals surface area contributed by atoms with Gasteiger partial charge in [-0.2, -0.15) is 0 Å². The van der Waals surface area contributed by atoms with Crippen LogP contribution in [0.1, 0.15) is 53.4 Å². The van der Waals surface area contributed by atoms with E-state index in [4.69, 9.17) is 5.73 Å². The molecular formula is C13H30N2. The molecule has 0 saturated heterocycles. The van der Waals surface area contributed by atoms with E-state index in [2.05, 4.69) is 32.6 Å². The van der Waals surface area contributed by atoms with Gasteiger partial charge in [-0.15, -0.1) is 0 Å². The lowest BCUT2D eigenvalue weighted by Gasteiger charge is -2.31. The lowest BCUT2D eigenvalue weighted by Crippen LogP contribution is -2.38. The van der Waals surface area contributed by atoms with Crippen LogP contribution >= 0.6 is 0 Å². The van der Waals surface area contributed by atoms with Crippen LogP contribution < -0.4 is 5.73 Å². The molecule has 0 spiro atoms. The molecule has 0 amide bonds. The molecular weight excluding hydrogens is 184 g/mol. The van der Waals surface area contributed by atoms with Crippen LogP contribution in [-0.2, 0) is 0 Å². The molecule has 0 aliphatic carbocycles. The molecule has 0 unspecified atom stereocenters. The third-order valence-electron chi connectivity index (χ3n) is 2.96. The topological polar surface area (TPSA) is 29.3 Å². The van der Waals surface area contributed by atoms with Crippen molar-refractivity contribution in [3.05, 3.63) is 0 Å². The molecule has 0 aromatic heterocycles. The molecule has 2 nitrogen and oxygen atoms in total. The molecule has 0 saturated carbocycles. The van der Waals surface area contributed by atoms with Gasteiger partial charge in [0.1, 0.15) is 0 Å². The van der Waals surface area contributed by atoms with Gasteiger partial charge in [-0.25, -0.2) is 0 Å². The minimum atomic E-state index is 0.767. The lowest BCUT2D eigenvalue weighted by molar-refractivity contribution is 0.163. The molecule has 0 radical (unpaired) electrons. The Hall–Kier alpha value is -0.0800. The van der Waals surface area contributed by atoms with Crippen molar-refractivity contribution >= 4 is 0 Å². The number of hydrogen-bond donors (Lipinski definition) is 1. The van der Waals surface area contributed by atoms with Gasteiger partial charge in [0, 0.05) is 12.6 Å². The fraction of sp³-hybridized carbons (Fsp3) is 1.00. The Kier molecular flexibility index (Phi) is 9.12.